The third kappa shape index (κ3) is 3.23. The first-order chi connectivity index (χ1) is 8.28. The van der Waals surface area contributed by atoms with Crippen LogP contribution in [0.3, 0.4) is 0 Å². The lowest BCUT2D eigenvalue weighted by Crippen LogP contribution is -2.21. The minimum absolute atomic E-state index is 0.117. The zero-order valence-electron chi connectivity index (χ0n) is 9.11. The molecule has 9 heteroatoms. The Balaban J connectivity index is 3.32. The van der Waals surface area contributed by atoms with Crippen molar-refractivity contribution in [2.24, 2.45) is 5.73 Å². The Labute approximate surface area is 99.1 Å². The molecular formula is C9H9F3N2O4. The van der Waals surface area contributed by atoms with Gasteiger partial charge in [0, 0.05) is 12.1 Å². The van der Waals surface area contributed by atoms with Crippen LogP contribution in [0.25, 0.3) is 0 Å². The number of carboxylic acids is 1. The number of aromatic nitrogens is 1. The third-order valence-corrected chi connectivity index (χ3v) is 1.88. The van der Waals surface area contributed by atoms with Gasteiger partial charge in [-0.05, 0) is 6.07 Å². The second kappa shape index (κ2) is 5.08. The van der Waals surface area contributed by atoms with Crippen LogP contribution in [0.15, 0.2) is 6.07 Å². The lowest BCUT2D eigenvalue weighted by molar-refractivity contribution is -0.276. The SMILES string of the molecule is COc1cc(CN)c(OC(F)(F)F)nc1C(=O)O. The number of halogens is 3. The molecule has 0 saturated heterocycles. The first-order valence-corrected chi connectivity index (χ1v) is 4.55. The van der Waals surface area contributed by atoms with E-state index in [9.17, 15) is 18.0 Å². The molecule has 0 radical (unpaired) electrons. The maximum atomic E-state index is 12.1. The number of aromatic carboxylic acids is 1. The second-order valence-corrected chi connectivity index (χ2v) is 3.06. The van der Waals surface area contributed by atoms with E-state index in [1.807, 2.05) is 0 Å². The Kier molecular flexibility index (Phi) is 3.96. The van der Waals surface area contributed by atoms with E-state index >= 15 is 0 Å². The van der Waals surface area contributed by atoms with Gasteiger partial charge in [0.1, 0.15) is 0 Å². The molecule has 100 valence electrons. The van der Waals surface area contributed by atoms with E-state index in [2.05, 4.69) is 9.72 Å². The molecule has 0 spiro atoms. The standard InChI is InChI=1S/C9H9F3N2O4/c1-17-5-2-4(3-13)7(18-9(10,11)12)14-6(5)8(15)16/h2H,3,13H2,1H3,(H,15,16). The van der Waals surface area contributed by atoms with Gasteiger partial charge in [-0.2, -0.15) is 0 Å². The van der Waals surface area contributed by atoms with Gasteiger partial charge in [-0.15, -0.1) is 13.2 Å². The minimum atomic E-state index is -4.98. The Hall–Kier alpha value is -2.03. The quantitative estimate of drug-likeness (QED) is 0.848. The first-order valence-electron chi connectivity index (χ1n) is 4.55. The number of ether oxygens (including phenoxy) is 2. The topological polar surface area (TPSA) is 94.7 Å². The van der Waals surface area contributed by atoms with Gasteiger partial charge in [-0.3, -0.25) is 0 Å². The normalized spacial score (nSPS) is 11.2. The van der Waals surface area contributed by atoms with Crippen molar-refractivity contribution >= 4 is 5.97 Å². The number of methoxy groups -OCH3 is 1. The molecular weight excluding hydrogens is 257 g/mol. The molecule has 0 fully saturated rings. The van der Waals surface area contributed by atoms with Crippen molar-refractivity contribution in [1.82, 2.24) is 4.98 Å². The Bertz CT molecular complexity index is 462. The summed E-state index contributed by atoms with van der Waals surface area (Å²) in [6.07, 6.45) is -4.98. The highest BCUT2D eigenvalue weighted by molar-refractivity contribution is 5.88. The number of nitrogens with two attached hydrogens (primary N) is 1. The Morgan fingerprint density at radius 3 is 2.56 bits per heavy atom. The summed E-state index contributed by atoms with van der Waals surface area (Å²) < 4.78 is 44.6. The zero-order valence-corrected chi connectivity index (χ0v) is 9.11. The highest BCUT2D eigenvalue weighted by Gasteiger charge is 2.33. The fraction of sp³-hybridized carbons (Fsp3) is 0.333. The van der Waals surface area contributed by atoms with E-state index in [1.165, 1.54) is 0 Å². The molecule has 0 aromatic carbocycles. The monoisotopic (exact) mass is 266 g/mol. The highest BCUT2D eigenvalue weighted by Crippen LogP contribution is 2.29. The number of nitrogens with zero attached hydrogens (tertiary/aromatic N) is 1. The number of pyridine rings is 1. The summed E-state index contributed by atoms with van der Waals surface area (Å²) in [6, 6.07) is 1.04. The number of rotatable bonds is 4. The number of alkyl halides is 3. The van der Waals surface area contributed by atoms with Crippen LogP contribution in [0.1, 0.15) is 16.1 Å². The van der Waals surface area contributed by atoms with Crippen molar-refractivity contribution in [1.29, 1.82) is 0 Å². The highest BCUT2D eigenvalue weighted by atomic mass is 19.4. The van der Waals surface area contributed by atoms with Crippen LogP contribution in [-0.4, -0.2) is 29.5 Å². The fourth-order valence-electron chi connectivity index (χ4n) is 1.17. The molecule has 0 aliphatic rings. The summed E-state index contributed by atoms with van der Waals surface area (Å²) in [5, 5.41) is 8.77. The van der Waals surface area contributed by atoms with Gasteiger partial charge in [0.2, 0.25) is 5.88 Å². The van der Waals surface area contributed by atoms with Crippen molar-refractivity contribution in [3.05, 3.63) is 17.3 Å². The van der Waals surface area contributed by atoms with Gasteiger partial charge in [-0.25, -0.2) is 9.78 Å². The molecule has 1 heterocycles. The van der Waals surface area contributed by atoms with Crippen LogP contribution in [0.5, 0.6) is 11.6 Å². The molecule has 0 bridgehead atoms. The smallest absolute Gasteiger partial charge is 0.494 e. The maximum absolute atomic E-state index is 12.1. The fourth-order valence-corrected chi connectivity index (χ4v) is 1.17. The van der Waals surface area contributed by atoms with Gasteiger partial charge in [0.25, 0.3) is 0 Å². The van der Waals surface area contributed by atoms with Crippen molar-refractivity contribution < 1.29 is 32.5 Å². The predicted molar refractivity (Wildman–Crippen MR) is 52.3 cm³/mol. The number of hydrogen-bond donors (Lipinski definition) is 2. The van der Waals surface area contributed by atoms with Gasteiger partial charge >= 0.3 is 12.3 Å². The van der Waals surface area contributed by atoms with E-state index in [1.54, 1.807) is 0 Å². The average Bonchev–Trinajstić information content (AvgIpc) is 2.26. The van der Waals surface area contributed by atoms with Crippen molar-refractivity contribution in [3.63, 3.8) is 0 Å². The minimum Gasteiger partial charge on any atom is -0.494 e. The second-order valence-electron chi connectivity index (χ2n) is 3.06. The van der Waals surface area contributed by atoms with E-state index in [4.69, 9.17) is 15.6 Å². The summed E-state index contributed by atoms with van der Waals surface area (Å²) in [4.78, 5) is 14.0. The van der Waals surface area contributed by atoms with Gasteiger partial charge < -0.3 is 20.3 Å². The van der Waals surface area contributed by atoms with Crippen molar-refractivity contribution in [2.75, 3.05) is 7.11 Å². The molecule has 0 unspecified atom stereocenters. The van der Waals surface area contributed by atoms with Crippen molar-refractivity contribution in [3.8, 4) is 11.6 Å². The molecule has 0 amide bonds. The molecule has 3 N–H and O–H groups in total. The van der Waals surface area contributed by atoms with E-state index in [0.717, 1.165) is 13.2 Å². The van der Waals surface area contributed by atoms with Crippen LogP contribution < -0.4 is 15.2 Å². The average molecular weight is 266 g/mol. The van der Waals surface area contributed by atoms with Crippen LogP contribution in [0.2, 0.25) is 0 Å². The number of hydrogen-bond acceptors (Lipinski definition) is 5. The Morgan fingerprint density at radius 1 is 1.56 bits per heavy atom. The predicted octanol–water partition coefficient (Wildman–Crippen LogP) is 1.15. The van der Waals surface area contributed by atoms with E-state index in [0.29, 0.717) is 0 Å². The molecule has 1 aromatic rings. The molecule has 0 aliphatic carbocycles. The lowest BCUT2D eigenvalue weighted by atomic mass is 10.2. The number of carbonyl (C=O) groups is 1. The molecule has 18 heavy (non-hydrogen) atoms. The third-order valence-electron chi connectivity index (χ3n) is 1.88. The molecule has 0 aliphatic heterocycles. The molecule has 6 nitrogen and oxygen atoms in total. The van der Waals surface area contributed by atoms with Gasteiger partial charge in [0.05, 0.1) is 7.11 Å². The zero-order chi connectivity index (χ0) is 13.9. The summed E-state index contributed by atoms with van der Waals surface area (Å²) in [7, 11) is 1.16. The first kappa shape index (κ1) is 14.0. The molecule has 0 atom stereocenters. The summed E-state index contributed by atoms with van der Waals surface area (Å²) in [5.41, 5.74) is 4.43. The van der Waals surface area contributed by atoms with Crippen LogP contribution in [-0.2, 0) is 6.54 Å². The van der Waals surface area contributed by atoms with Crippen LogP contribution >= 0.6 is 0 Å². The largest absolute Gasteiger partial charge is 0.574 e. The lowest BCUT2D eigenvalue weighted by Gasteiger charge is -2.13. The number of carboxylic acid groups (broad SMARTS) is 1. The maximum Gasteiger partial charge on any atom is 0.574 e. The molecule has 1 rings (SSSR count). The van der Waals surface area contributed by atoms with Crippen LogP contribution in [0.4, 0.5) is 13.2 Å². The van der Waals surface area contributed by atoms with Crippen LogP contribution in [0, 0.1) is 0 Å². The summed E-state index contributed by atoms with van der Waals surface area (Å²) >= 11 is 0. The Morgan fingerprint density at radius 2 is 2.17 bits per heavy atom. The van der Waals surface area contributed by atoms with E-state index in [-0.39, 0.29) is 17.9 Å². The van der Waals surface area contributed by atoms with Gasteiger partial charge in [-0.1, -0.05) is 0 Å². The van der Waals surface area contributed by atoms with E-state index < -0.39 is 23.9 Å². The van der Waals surface area contributed by atoms with Gasteiger partial charge in [0.15, 0.2) is 11.4 Å². The van der Waals surface area contributed by atoms with Crippen molar-refractivity contribution in [2.45, 2.75) is 12.9 Å². The molecule has 1 aromatic heterocycles. The summed E-state index contributed by atoms with van der Waals surface area (Å²) in [6.45, 7) is -0.311. The summed E-state index contributed by atoms with van der Waals surface area (Å²) in [5.74, 6) is -2.64. The molecule has 0 saturated carbocycles.